The first kappa shape index (κ1) is 11.7. The van der Waals surface area contributed by atoms with Crippen LogP contribution in [0.15, 0.2) is 55.4 Å². The summed E-state index contributed by atoms with van der Waals surface area (Å²) in [5.74, 6) is 0.445. The molecule has 0 aliphatic rings. The minimum absolute atomic E-state index is 0.445. The van der Waals surface area contributed by atoms with Gasteiger partial charge in [-0.05, 0) is 18.2 Å². The van der Waals surface area contributed by atoms with Gasteiger partial charge >= 0.3 is 0 Å². The van der Waals surface area contributed by atoms with E-state index >= 15 is 0 Å². The number of nitrogens with two attached hydrogens (primary N) is 1. The molecule has 0 fully saturated rings. The average molecular weight is 276 g/mol. The predicted molar refractivity (Wildman–Crippen MR) is 80.9 cm³/mol. The number of rotatable bonds is 2. The first-order valence-corrected chi connectivity index (χ1v) is 6.50. The molecule has 3 N–H and O–H groups in total. The Morgan fingerprint density at radius 1 is 1.10 bits per heavy atom. The van der Waals surface area contributed by atoms with E-state index in [-0.39, 0.29) is 0 Å². The summed E-state index contributed by atoms with van der Waals surface area (Å²) in [6, 6.07) is 7.71. The number of hydrogen-bond acceptors (Lipinski definition) is 4. The van der Waals surface area contributed by atoms with E-state index in [1.807, 2.05) is 41.4 Å². The number of nitrogens with zero attached hydrogens (tertiary/aromatic N) is 4. The minimum Gasteiger partial charge on any atom is -0.384 e. The van der Waals surface area contributed by atoms with Crippen molar-refractivity contribution in [3.05, 3.63) is 55.4 Å². The fraction of sp³-hybridized carbons (Fsp3) is 0. The molecule has 0 atom stereocenters. The number of fused-ring (bicyclic) bond motifs is 1. The van der Waals surface area contributed by atoms with Crippen LogP contribution in [0.2, 0.25) is 0 Å². The Hall–Kier alpha value is -3.15. The molecule has 0 aliphatic heterocycles. The molecule has 0 saturated heterocycles. The topological polar surface area (TPSA) is 85.4 Å². The number of aromatic nitrogens is 5. The smallest absolute Gasteiger partial charge is 0.140 e. The molecule has 0 aromatic carbocycles. The van der Waals surface area contributed by atoms with E-state index in [4.69, 9.17) is 5.73 Å². The number of hydrogen-bond donors (Lipinski definition) is 2. The van der Waals surface area contributed by atoms with Crippen molar-refractivity contribution in [2.45, 2.75) is 0 Å². The quantitative estimate of drug-likeness (QED) is 0.588. The molecule has 4 heterocycles. The number of H-pyrrole nitrogens is 1. The lowest BCUT2D eigenvalue weighted by Crippen LogP contribution is -1.95. The molecule has 4 aromatic rings. The first-order chi connectivity index (χ1) is 10.3. The number of nitrogens with one attached hydrogen (secondary N) is 1. The van der Waals surface area contributed by atoms with Gasteiger partial charge in [0.05, 0.1) is 16.8 Å². The third kappa shape index (κ3) is 1.85. The number of anilines is 1. The lowest BCUT2D eigenvalue weighted by molar-refractivity contribution is 1.09. The van der Waals surface area contributed by atoms with Crippen molar-refractivity contribution >= 4 is 16.9 Å². The van der Waals surface area contributed by atoms with Crippen LogP contribution in [-0.2, 0) is 0 Å². The van der Waals surface area contributed by atoms with Crippen molar-refractivity contribution in [1.82, 2.24) is 24.5 Å². The molecule has 0 bridgehead atoms. The zero-order chi connectivity index (χ0) is 14.2. The summed E-state index contributed by atoms with van der Waals surface area (Å²) in [6.07, 6.45) is 9.15. The van der Waals surface area contributed by atoms with Crippen molar-refractivity contribution in [2.24, 2.45) is 0 Å². The number of nitrogen functional groups attached to an aromatic ring is 1. The summed E-state index contributed by atoms with van der Waals surface area (Å²) >= 11 is 0. The van der Waals surface area contributed by atoms with Gasteiger partial charge in [-0.2, -0.15) is 0 Å². The fourth-order valence-corrected chi connectivity index (χ4v) is 2.47. The molecule has 0 radical (unpaired) electrons. The van der Waals surface area contributed by atoms with Gasteiger partial charge in [-0.1, -0.05) is 0 Å². The van der Waals surface area contributed by atoms with Gasteiger partial charge in [-0.3, -0.25) is 0 Å². The second-order valence-corrected chi connectivity index (χ2v) is 4.67. The van der Waals surface area contributed by atoms with Crippen LogP contribution >= 0.6 is 0 Å². The van der Waals surface area contributed by atoms with Gasteiger partial charge in [-0.15, -0.1) is 0 Å². The maximum absolute atomic E-state index is 5.76. The van der Waals surface area contributed by atoms with Crippen LogP contribution < -0.4 is 5.73 Å². The van der Waals surface area contributed by atoms with Crippen molar-refractivity contribution in [1.29, 1.82) is 0 Å². The Bertz CT molecular complexity index is 907. The molecule has 0 unspecified atom stereocenters. The third-order valence-electron chi connectivity index (χ3n) is 3.40. The predicted octanol–water partition coefficient (Wildman–Crippen LogP) is 2.39. The van der Waals surface area contributed by atoms with E-state index in [1.165, 1.54) is 6.33 Å². The Morgan fingerprint density at radius 3 is 2.76 bits per heavy atom. The molecular formula is C15H12N6. The second-order valence-electron chi connectivity index (χ2n) is 4.67. The largest absolute Gasteiger partial charge is 0.384 e. The zero-order valence-electron chi connectivity index (χ0n) is 11.1. The van der Waals surface area contributed by atoms with E-state index in [1.54, 1.807) is 12.3 Å². The van der Waals surface area contributed by atoms with E-state index in [2.05, 4.69) is 19.9 Å². The maximum atomic E-state index is 5.76. The zero-order valence-corrected chi connectivity index (χ0v) is 11.1. The Balaban J connectivity index is 2.03. The van der Waals surface area contributed by atoms with Crippen LogP contribution in [-0.4, -0.2) is 24.5 Å². The highest BCUT2D eigenvalue weighted by Gasteiger charge is 2.13. The van der Waals surface area contributed by atoms with Crippen LogP contribution in [0.1, 0.15) is 0 Å². The molecule has 0 aliphatic carbocycles. The molecule has 0 amide bonds. The summed E-state index contributed by atoms with van der Waals surface area (Å²) < 4.78 is 2.05. The number of aromatic amines is 1. The average Bonchev–Trinajstić information content (AvgIpc) is 3.16. The van der Waals surface area contributed by atoms with Crippen molar-refractivity contribution < 1.29 is 0 Å². The minimum atomic E-state index is 0.445. The molecule has 6 nitrogen and oxygen atoms in total. The van der Waals surface area contributed by atoms with Gasteiger partial charge in [0.25, 0.3) is 0 Å². The summed E-state index contributed by atoms with van der Waals surface area (Å²) in [6.45, 7) is 0. The van der Waals surface area contributed by atoms with E-state index in [0.29, 0.717) is 5.82 Å². The molecule has 21 heavy (non-hydrogen) atoms. The SMILES string of the molecule is Nc1cc(-c2c[nH]c3nccc(-n4cccc4)c23)ncn1. The highest BCUT2D eigenvalue weighted by molar-refractivity contribution is 5.98. The highest BCUT2D eigenvalue weighted by atomic mass is 15.0. The Labute approximate surface area is 120 Å². The molecular weight excluding hydrogens is 264 g/mol. The van der Waals surface area contributed by atoms with Gasteiger partial charge in [-0.25, -0.2) is 15.0 Å². The molecule has 6 heteroatoms. The molecule has 0 spiro atoms. The van der Waals surface area contributed by atoms with Gasteiger partial charge in [0.1, 0.15) is 17.8 Å². The molecule has 0 saturated carbocycles. The first-order valence-electron chi connectivity index (χ1n) is 6.50. The van der Waals surface area contributed by atoms with Crippen LogP contribution in [0.3, 0.4) is 0 Å². The standard InChI is InChI=1S/C15H12N6/c16-13-7-11(19-9-20-13)10-8-18-15-14(10)12(3-4-17-15)21-5-1-2-6-21/h1-9H,(H,17,18)(H2,16,19,20). The van der Waals surface area contributed by atoms with Crippen molar-refractivity contribution in [2.75, 3.05) is 5.73 Å². The lowest BCUT2D eigenvalue weighted by atomic mass is 10.1. The Kier molecular flexibility index (Phi) is 2.47. The van der Waals surface area contributed by atoms with Gasteiger partial charge < -0.3 is 15.3 Å². The molecule has 102 valence electrons. The molecule has 4 aromatic heterocycles. The van der Waals surface area contributed by atoms with Gasteiger partial charge in [0.2, 0.25) is 0 Å². The second kappa shape index (κ2) is 4.45. The maximum Gasteiger partial charge on any atom is 0.140 e. The summed E-state index contributed by atoms with van der Waals surface area (Å²) in [7, 11) is 0. The van der Waals surface area contributed by atoms with Crippen LogP contribution in [0.25, 0.3) is 28.0 Å². The summed E-state index contributed by atoms with van der Waals surface area (Å²) in [5.41, 5.74) is 9.34. The Morgan fingerprint density at radius 2 is 1.95 bits per heavy atom. The summed E-state index contributed by atoms with van der Waals surface area (Å²) in [5, 5.41) is 1.01. The normalized spacial score (nSPS) is 11.0. The van der Waals surface area contributed by atoms with E-state index in [0.717, 1.165) is 28.0 Å². The summed E-state index contributed by atoms with van der Waals surface area (Å²) in [4.78, 5) is 15.8. The third-order valence-corrected chi connectivity index (χ3v) is 3.40. The van der Waals surface area contributed by atoms with Gasteiger partial charge in [0.15, 0.2) is 0 Å². The number of pyridine rings is 1. The van der Waals surface area contributed by atoms with Crippen LogP contribution in [0.4, 0.5) is 5.82 Å². The van der Waals surface area contributed by atoms with E-state index < -0.39 is 0 Å². The van der Waals surface area contributed by atoms with Crippen LogP contribution in [0, 0.1) is 0 Å². The highest BCUT2D eigenvalue weighted by Crippen LogP contribution is 2.31. The lowest BCUT2D eigenvalue weighted by Gasteiger charge is -2.07. The van der Waals surface area contributed by atoms with Gasteiger partial charge in [0, 0.05) is 36.4 Å². The van der Waals surface area contributed by atoms with Crippen LogP contribution in [0.5, 0.6) is 0 Å². The van der Waals surface area contributed by atoms with Crippen molar-refractivity contribution in [3.63, 3.8) is 0 Å². The molecule has 4 rings (SSSR count). The van der Waals surface area contributed by atoms with E-state index in [9.17, 15) is 0 Å². The fourth-order valence-electron chi connectivity index (χ4n) is 2.47. The van der Waals surface area contributed by atoms with Crippen molar-refractivity contribution in [3.8, 4) is 16.9 Å². The monoisotopic (exact) mass is 276 g/mol.